The number of benzene rings is 1. The quantitative estimate of drug-likeness (QED) is 0.339. The Hall–Kier alpha value is -4.31. The van der Waals surface area contributed by atoms with Crippen molar-refractivity contribution in [1.29, 1.82) is 5.26 Å². The molecule has 0 unspecified atom stereocenters. The van der Waals surface area contributed by atoms with Gasteiger partial charge in [-0.25, -0.2) is 14.8 Å². The highest BCUT2D eigenvalue weighted by Gasteiger charge is 2.26. The van der Waals surface area contributed by atoms with Crippen LogP contribution in [-0.4, -0.2) is 67.5 Å². The van der Waals surface area contributed by atoms with Gasteiger partial charge in [-0.1, -0.05) is 0 Å². The Morgan fingerprint density at radius 2 is 2.10 bits per heavy atom. The van der Waals surface area contributed by atoms with Gasteiger partial charge in [0, 0.05) is 36.8 Å². The molecule has 4 aromatic rings. The molecule has 0 bridgehead atoms. The molecule has 1 aliphatic heterocycles. The van der Waals surface area contributed by atoms with Crippen molar-refractivity contribution < 1.29 is 23.0 Å². The second-order valence-electron chi connectivity index (χ2n) is 10.4. The van der Waals surface area contributed by atoms with Crippen LogP contribution in [0.4, 0.5) is 13.6 Å². The highest BCUT2D eigenvalue weighted by Crippen LogP contribution is 2.32. The van der Waals surface area contributed by atoms with E-state index >= 15 is 0 Å². The molecule has 0 radical (unpaired) electrons. The van der Waals surface area contributed by atoms with Gasteiger partial charge in [-0.15, -0.1) is 0 Å². The van der Waals surface area contributed by atoms with Gasteiger partial charge in [0.15, 0.2) is 16.9 Å². The van der Waals surface area contributed by atoms with E-state index in [1.165, 1.54) is 24.5 Å². The summed E-state index contributed by atoms with van der Waals surface area (Å²) in [5.41, 5.74) is 1.77. The predicted molar refractivity (Wildman–Crippen MR) is 138 cm³/mol. The van der Waals surface area contributed by atoms with Crippen LogP contribution >= 0.6 is 0 Å². The zero-order valence-corrected chi connectivity index (χ0v) is 21.7. The Morgan fingerprint density at radius 3 is 2.82 bits per heavy atom. The average Bonchev–Trinajstić information content (AvgIpc) is 3.39. The molecule has 5 rings (SSSR count). The molecule has 1 saturated heterocycles. The number of H-pyrrole nitrogens is 1. The zero-order chi connectivity index (χ0) is 27.7. The number of aromatic nitrogens is 5. The normalized spacial score (nSPS) is 14.5. The van der Waals surface area contributed by atoms with E-state index in [1.54, 1.807) is 10.7 Å². The first kappa shape index (κ1) is 26.3. The van der Waals surface area contributed by atoms with Gasteiger partial charge in [-0.05, 0) is 51.9 Å². The summed E-state index contributed by atoms with van der Waals surface area (Å²) in [6, 6.07) is 6.94. The van der Waals surface area contributed by atoms with E-state index in [2.05, 4.69) is 36.0 Å². The maximum atomic E-state index is 12.9. The van der Waals surface area contributed by atoms with Crippen LogP contribution in [0.25, 0.3) is 33.5 Å². The SMILES string of the molecule is CC(C)(C)NC(=O)Oc1c[nH]c2ncc(-c3nn(CCCN4CC(C#N)C4)c4ccc(OC(F)F)cc34)nc12. The molecule has 4 heterocycles. The first-order valence-corrected chi connectivity index (χ1v) is 12.5. The molecule has 39 heavy (non-hydrogen) atoms. The Morgan fingerprint density at radius 1 is 1.31 bits per heavy atom. The molecule has 0 spiro atoms. The number of alkyl halides is 2. The molecule has 204 valence electrons. The second kappa shape index (κ2) is 10.5. The number of aryl methyl sites for hydroxylation is 1. The van der Waals surface area contributed by atoms with Gasteiger partial charge in [0.05, 0.1) is 23.7 Å². The van der Waals surface area contributed by atoms with Crippen molar-refractivity contribution in [3.05, 3.63) is 30.6 Å². The topological polar surface area (TPSA) is 134 Å². The first-order chi connectivity index (χ1) is 18.6. The number of carbonyl (C=O) groups is 1. The lowest BCUT2D eigenvalue weighted by atomic mass is 10.0. The number of aromatic amines is 1. The number of nitrogens with one attached hydrogen (secondary N) is 2. The van der Waals surface area contributed by atoms with Crippen LogP contribution in [0.3, 0.4) is 0 Å². The molecule has 11 nitrogen and oxygen atoms in total. The molecular formula is C26H28F2N8O3. The molecule has 1 aromatic carbocycles. The zero-order valence-electron chi connectivity index (χ0n) is 21.7. The Kier molecular flexibility index (Phi) is 7.05. The van der Waals surface area contributed by atoms with Crippen LogP contribution in [-0.2, 0) is 6.54 Å². The maximum absolute atomic E-state index is 12.9. The third-order valence-electron chi connectivity index (χ3n) is 6.20. The molecule has 1 aliphatic rings. The fraction of sp³-hybridized carbons (Fsp3) is 0.423. The van der Waals surface area contributed by atoms with Crippen molar-refractivity contribution in [2.75, 3.05) is 19.6 Å². The maximum Gasteiger partial charge on any atom is 0.413 e. The lowest BCUT2D eigenvalue weighted by Crippen LogP contribution is -2.46. The highest BCUT2D eigenvalue weighted by atomic mass is 19.3. The standard InChI is InChI=1S/C26H28F2N8O3/c1-26(2,3)33-25(37)39-20-12-31-23-22(20)32-18(11-30-23)21-17-9-16(38-24(27)28)5-6-19(17)36(34-21)8-4-7-35-13-15(10-29)14-35/h5-6,9,11-12,15,24H,4,7-8,13-14H2,1-3H3,(H,30,31)(H,33,37). The molecular weight excluding hydrogens is 510 g/mol. The lowest BCUT2D eigenvalue weighted by Gasteiger charge is -2.35. The van der Waals surface area contributed by atoms with Crippen LogP contribution < -0.4 is 14.8 Å². The number of nitrogens with zero attached hydrogens (tertiary/aromatic N) is 6. The first-order valence-electron chi connectivity index (χ1n) is 12.5. The third-order valence-corrected chi connectivity index (χ3v) is 6.20. The Bertz CT molecular complexity index is 1550. The average molecular weight is 539 g/mol. The van der Waals surface area contributed by atoms with Gasteiger partial charge in [-0.3, -0.25) is 4.68 Å². The fourth-order valence-electron chi connectivity index (χ4n) is 4.46. The lowest BCUT2D eigenvalue weighted by molar-refractivity contribution is -0.0497. The number of hydrogen-bond donors (Lipinski definition) is 2. The van der Waals surface area contributed by atoms with Gasteiger partial charge in [0.25, 0.3) is 0 Å². The predicted octanol–water partition coefficient (Wildman–Crippen LogP) is 4.31. The number of ether oxygens (including phenoxy) is 2. The van der Waals surface area contributed by atoms with Crippen LogP contribution in [0.2, 0.25) is 0 Å². The van der Waals surface area contributed by atoms with Gasteiger partial charge in [0.1, 0.15) is 17.1 Å². The molecule has 1 amide bonds. The van der Waals surface area contributed by atoms with E-state index in [9.17, 15) is 13.6 Å². The van der Waals surface area contributed by atoms with E-state index < -0.39 is 18.2 Å². The van der Waals surface area contributed by atoms with Gasteiger partial charge in [-0.2, -0.15) is 19.1 Å². The Labute approximate surface area is 222 Å². The molecule has 1 fully saturated rings. The summed E-state index contributed by atoms with van der Waals surface area (Å²) >= 11 is 0. The largest absolute Gasteiger partial charge is 0.435 e. The molecule has 0 saturated carbocycles. The van der Waals surface area contributed by atoms with Crippen molar-refractivity contribution in [3.63, 3.8) is 0 Å². The van der Waals surface area contributed by atoms with Crippen molar-refractivity contribution >= 4 is 28.2 Å². The number of carbonyl (C=O) groups excluding carboxylic acids is 1. The van der Waals surface area contributed by atoms with E-state index in [4.69, 9.17) is 15.1 Å². The van der Waals surface area contributed by atoms with Crippen molar-refractivity contribution in [3.8, 4) is 29.0 Å². The number of halogens is 2. The van der Waals surface area contributed by atoms with Crippen LogP contribution in [0.15, 0.2) is 30.6 Å². The summed E-state index contributed by atoms with van der Waals surface area (Å²) in [4.78, 5) is 26.5. The van der Waals surface area contributed by atoms with E-state index in [0.717, 1.165) is 31.6 Å². The summed E-state index contributed by atoms with van der Waals surface area (Å²) in [5, 5.41) is 17.0. The number of fused-ring (bicyclic) bond motifs is 2. The fourth-order valence-corrected chi connectivity index (χ4v) is 4.46. The summed E-state index contributed by atoms with van der Waals surface area (Å²) in [6.07, 6.45) is 3.16. The third kappa shape index (κ3) is 5.91. The van der Waals surface area contributed by atoms with Crippen LogP contribution in [0.1, 0.15) is 27.2 Å². The van der Waals surface area contributed by atoms with Crippen LogP contribution in [0, 0.1) is 17.2 Å². The Balaban J connectivity index is 1.46. The molecule has 0 aliphatic carbocycles. The van der Waals surface area contributed by atoms with Gasteiger partial charge < -0.3 is 24.7 Å². The minimum Gasteiger partial charge on any atom is -0.435 e. The summed E-state index contributed by atoms with van der Waals surface area (Å²) in [7, 11) is 0. The molecule has 13 heteroatoms. The minimum atomic E-state index is -2.97. The van der Waals surface area contributed by atoms with Gasteiger partial charge in [0.2, 0.25) is 0 Å². The van der Waals surface area contributed by atoms with Gasteiger partial charge >= 0.3 is 12.7 Å². The second-order valence-corrected chi connectivity index (χ2v) is 10.4. The molecule has 2 N–H and O–H groups in total. The minimum absolute atomic E-state index is 0.0000187. The number of nitriles is 1. The molecule has 3 aromatic heterocycles. The summed E-state index contributed by atoms with van der Waals surface area (Å²) in [6.45, 7) is 5.45. The highest BCUT2D eigenvalue weighted by molar-refractivity contribution is 5.94. The van der Waals surface area contributed by atoms with Crippen LogP contribution in [0.5, 0.6) is 11.5 Å². The number of hydrogen-bond acceptors (Lipinski definition) is 8. The summed E-state index contributed by atoms with van der Waals surface area (Å²) in [5.74, 6) is 0.280. The number of rotatable bonds is 8. The smallest absolute Gasteiger partial charge is 0.413 e. The van der Waals surface area contributed by atoms with E-state index in [-0.39, 0.29) is 17.4 Å². The van der Waals surface area contributed by atoms with Crippen molar-refractivity contribution in [2.24, 2.45) is 5.92 Å². The van der Waals surface area contributed by atoms with Crippen molar-refractivity contribution in [1.82, 2.24) is 34.9 Å². The monoisotopic (exact) mass is 538 g/mol. The van der Waals surface area contributed by atoms with E-state index in [1.807, 2.05) is 20.8 Å². The van der Waals surface area contributed by atoms with E-state index in [0.29, 0.717) is 34.5 Å². The summed E-state index contributed by atoms with van der Waals surface area (Å²) < 4.78 is 37.8. The number of amides is 1. The van der Waals surface area contributed by atoms with Crippen molar-refractivity contribution in [2.45, 2.75) is 45.9 Å². The number of likely N-dealkylation sites (tertiary alicyclic amines) is 1. The molecule has 0 atom stereocenters.